The molecule has 0 unspecified atom stereocenters. The van der Waals surface area contributed by atoms with Crippen molar-refractivity contribution in [2.24, 2.45) is 5.92 Å². The van der Waals surface area contributed by atoms with Crippen molar-refractivity contribution in [1.29, 1.82) is 0 Å². The molecule has 1 amide bonds. The SMILES string of the molecule is Cc1nc(N)ncc1C(=O)N1CCC[C@H](CCc2cccc(C(F)(F)F)c2)C1. The van der Waals surface area contributed by atoms with Gasteiger partial charge >= 0.3 is 6.18 Å². The lowest BCUT2D eigenvalue weighted by atomic mass is 9.91. The molecule has 2 N–H and O–H groups in total. The summed E-state index contributed by atoms with van der Waals surface area (Å²) in [5, 5.41) is 0. The van der Waals surface area contributed by atoms with Crippen LogP contribution in [-0.2, 0) is 12.6 Å². The third-order valence-corrected chi connectivity index (χ3v) is 5.13. The third-order valence-electron chi connectivity index (χ3n) is 5.13. The number of nitrogens with zero attached hydrogens (tertiary/aromatic N) is 3. The number of aryl methyl sites for hydroxylation is 2. The van der Waals surface area contributed by atoms with Crippen LogP contribution in [-0.4, -0.2) is 33.9 Å². The number of anilines is 1. The normalized spacial score (nSPS) is 17.6. The van der Waals surface area contributed by atoms with Crippen molar-refractivity contribution in [1.82, 2.24) is 14.9 Å². The van der Waals surface area contributed by atoms with Crippen LogP contribution in [0.5, 0.6) is 0 Å². The minimum atomic E-state index is -4.33. The summed E-state index contributed by atoms with van der Waals surface area (Å²) >= 11 is 0. The van der Waals surface area contributed by atoms with Crippen LogP contribution in [0.3, 0.4) is 0 Å². The van der Waals surface area contributed by atoms with Gasteiger partial charge in [0.2, 0.25) is 5.95 Å². The summed E-state index contributed by atoms with van der Waals surface area (Å²) in [6.07, 6.45) is 0.242. The van der Waals surface area contributed by atoms with Gasteiger partial charge in [0.25, 0.3) is 5.91 Å². The number of amides is 1. The fourth-order valence-electron chi connectivity index (χ4n) is 3.62. The molecule has 1 aliphatic rings. The zero-order valence-electron chi connectivity index (χ0n) is 15.7. The van der Waals surface area contributed by atoms with Crippen molar-refractivity contribution in [2.75, 3.05) is 18.8 Å². The fraction of sp³-hybridized carbons (Fsp3) is 0.450. The van der Waals surface area contributed by atoms with E-state index in [1.54, 1.807) is 17.9 Å². The van der Waals surface area contributed by atoms with Crippen molar-refractivity contribution in [3.63, 3.8) is 0 Å². The van der Waals surface area contributed by atoms with E-state index < -0.39 is 11.7 Å². The van der Waals surface area contributed by atoms with E-state index in [0.717, 1.165) is 25.3 Å². The van der Waals surface area contributed by atoms with Gasteiger partial charge in [-0.15, -0.1) is 0 Å². The first kappa shape index (κ1) is 20.1. The largest absolute Gasteiger partial charge is 0.416 e. The molecule has 150 valence electrons. The number of alkyl halides is 3. The van der Waals surface area contributed by atoms with Crippen molar-refractivity contribution in [3.8, 4) is 0 Å². The smallest absolute Gasteiger partial charge is 0.368 e. The van der Waals surface area contributed by atoms with E-state index in [9.17, 15) is 18.0 Å². The first-order valence-electron chi connectivity index (χ1n) is 9.28. The van der Waals surface area contributed by atoms with Crippen LogP contribution in [0.2, 0.25) is 0 Å². The van der Waals surface area contributed by atoms with Crippen LogP contribution in [0.15, 0.2) is 30.5 Å². The lowest BCUT2D eigenvalue weighted by molar-refractivity contribution is -0.137. The van der Waals surface area contributed by atoms with Gasteiger partial charge in [0.15, 0.2) is 0 Å². The lowest BCUT2D eigenvalue weighted by Crippen LogP contribution is -2.40. The second-order valence-electron chi connectivity index (χ2n) is 7.22. The maximum absolute atomic E-state index is 12.9. The molecule has 28 heavy (non-hydrogen) atoms. The Balaban J connectivity index is 1.62. The molecule has 5 nitrogen and oxygen atoms in total. The number of halogens is 3. The van der Waals surface area contributed by atoms with Crippen LogP contribution >= 0.6 is 0 Å². The number of hydrogen-bond donors (Lipinski definition) is 1. The van der Waals surface area contributed by atoms with E-state index in [2.05, 4.69) is 9.97 Å². The van der Waals surface area contributed by atoms with Crippen molar-refractivity contribution in [3.05, 3.63) is 52.8 Å². The van der Waals surface area contributed by atoms with Gasteiger partial charge in [-0.25, -0.2) is 9.97 Å². The summed E-state index contributed by atoms with van der Waals surface area (Å²) in [5.74, 6) is 0.259. The molecule has 2 aromatic rings. The zero-order valence-corrected chi connectivity index (χ0v) is 15.7. The maximum Gasteiger partial charge on any atom is 0.416 e. The highest BCUT2D eigenvalue weighted by Gasteiger charge is 2.30. The first-order chi connectivity index (χ1) is 13.2. The molecule has 1 atom stereocenters. The standard InChI is InChI=1S/C20H23F3N4O/c1-13-17(11-25-19(24)26-13)18(28)27-9-3-5-15(12-27)8-7-14-4-2-6-16(10-14)20(21,22)23/h2,4,6,10-11,15H,3,5,7-9,12H2,1H3,(H2,24,25,26)/t15-/m1/s1. The number of benzene rings is 1. The molecule has 1 aromatic carbocycles. The third kappa shape index (κ3) is 4.79. The highest BCUT2D eigenvalue weighted by atomic mass is 19.4. The number of nitrogens with two attached hydrogens (primary N) is 1. The minimum Gasteiger partial charge on any atom is -0.368 e. The topological polar surface area (TPSA) is 72.1 Å². The average molecular weight is 392 g/mol. The first-order valence-corrected chi connectivity index (χ1v) is 9.28. The van der Waals surface area contributed by atoms with Crippen molar-refractivity contribution in [2.45, 2.75) is 38.8 Å². The Morgan fingerprint density at radius 3 is 2.86 bits per heavy atom. The second kappa shape index (κ2) is 8.16. The number of aromatic nitrogens is 2. The van der Waals surface area contributed by atoms with Gasteiger partial charge in [-0.05, 0) is 50.2 Å². The van der Waals surface area contributed by atoms with Crippen LogP contribution in [0.25, 0.3) is 0 Å². The Kier molecular flexibility index (Phi) is 5.86. The quantitative estimate of drug-likeness (QED) is 0.857. The molecule has 1 saturated heterocycles. The van der Waals surface area contributed by atoms with Gasteiger partial charge in [-0.2, -0.15) is 13.2 Å². The van der Waals surface area contributed by atoms with E-state index in [0.29, 0.717) is 36.3 Å². The van der Waals surface area contributed by atoms with Gasteiger partial charge in [-0.1, -0.05) is 18.2 Å². The highest BCUT2D eigenvalue weighted by Crippen LogP contribution is 2.30. The Morgan fingerprint density at radius 2 is 2.14 bits per heavy atom. The maximum atomic E-state index is 12.9. The molecule has 1 fully saturated rings. The summed E-state index contributed by atoms with van der Waals surface area (Å²) in [4.78, 5) is 22.5. The Morgan fingerprint density at radius 1 is 1.36 bits per heavy atom. The molecular weight excluding hydrogens is 369 g/mol. The van der Waals surface area contributed by atoms with E-state index in [4.69, 9.17) is 5.73 Å². The monoisotopic (exact) mass is 392 g/mol. The molecule has 1 aliphatic heterocycles. The highest BCUT2D eigenvalue weighted by molar-refractivity contribution is 5.95. The van der Waals surface area contributed by atoms with Crippen LogP contribution < -0.4 is 5.73 Å². The van der Waals surface area contributed by atoms with E-state index in [1.807, 2.05) is 0 Å². The number of rotatable bonds is 4. The van der Waals surface area contributed by atoms with Crippen LogP contribution in [0.1, 0.15) is 46.4 Å². The summed E-state index contributed by atoms with van der Waals surface area (Å²) < 4.78 is 38.6. The average Bonchev–Trinajstić information content (AvgIpc) is 2.66. The molecule has 0 aliphatic carbocycles. The molecule has 0 bridgehead atoms. The van der Waals surface area contributed by atoms with Gasteiger partial charge in [-0.3, -0.25) is 4.79 Å². The van der Waals surface area contributed by atoms with Gasteiger partial charge in [0.1, 0.15) is 0 Å². The van der Waals surface area contributed by atoms with Crippen LogP contribution in [0.4, 0.5) is 19.1 Å². The van der Waals surface area contributed by atoms with Crippen molar-refractivity contribution >= 4 is 11.9 Å². The molecule has 1 aromatic heterocycles. The molecule has 8 heteroatoms. The van der Waals surface area contributed by atoms with E-state index >= 15 is 0 Å². The molecule has 0 spiro atoms. The Hall–Kier alpha value is -2.64. The molecule has 0 radical (unpaired) electrons. The number of nitrogen functional groups attached to an aromatic ring is 1. The Bertz CT molecular complexity index is 854. The summed E-state index contributed by atoms with van der Waals surface area (Å²) in [6.45, 7) is 2.96. The van der Waals surface area contributed by atoms with Crippen molar-refractivity contribution < 1.29 is 18.0 Å². The summed E-state index contributed by atoms with van der Waals surface area (Å²) in [7, 11) is 0. The lowest BCUT2D eigenvalue weighted by Gasteiger charge is -2.33. The Labute approximate surface area is 161 Å². The molecule has 3 rings (SSSR count). The van der Waals surface area contributed by atoms with Gasteiger partial charge < -0.3 is 10.6 Å². The number of carbonyl (C=O) groups excluding carboxylic acids is 1. The molecule has 0 saturated carbocycles. The number of carbonyl (C=O) groups is 1. The zero-order chi connectivity index (χ0) is 20.3. The predicted molar refractivity (Wildman–Crippen MR) is 99.6 cm³/mol. The molecule has 2 heterocycles. The number of likely N-dealkylation sites (tertiary alicyclic amines) is 1. The van der Waals surface area contributed by atoms with Crippen LogP contribution in [0, 0.1) is 12.8 Å². The predicted octanol–water partition coefficient (Wildman–Crippen LogP) is 3.87. The summed E-state index contributed by atoms with van der Waals surface area (Å²) in [6, 6.07) is 5.46. The fourth-order valence-corrected chi connectivity index (χ4v) is 3.62. The summed E-state index contributed by atoms with van der Waals surface area (Å²) in [5.41, 5.74) is 6.57. The van der Waals surface area contributed by atoms with E-state index in [-0.39, 0.29) is 17.8 Å². The van der Waals surface area contributed by atoms with E-state index in [1.165, 1.54) is 18.3 Å². The number of hydrogen-bond acceptors (Lipinski definition) is 4. The molecular formula is C20H23F3N4O. The van der Waals surface area contributed by atoms with Gasteiger partial charge in [0, 0.05) is 19.3 Å². The number of piperidine rings is 1. The second-order valence-corrected chi connectivity index (χ2v) is 7.22. The van der Waals surface area contributed by atoms with Gasteiger partial charge in [0.05, 0.1) is 16.8 Å². The minimum absolute atomic E-state index is 0.124.